The highest BCUT2D eigenvalue weighted by atomic mass is 32.1. The van der Waals surface area contributed by atoms with E-state index in [-0.39, 0.29) is 34.6 Å². The van der Waals surface area contributed by atoms with Gasteiger partial charge in [-0.2, -0.15) is 0 Å². The number of benzene rings is 1. The normalized spacial score (nSPS) is 10.6. The Kier molecular flexibility index (Phi) is 7.28. The Morgan fingerprint density at radius 1 is 1.14 bits per heavy atom. The van der Waals surface area contributed by atoms with Crippen molar-refractivity contribution >= 4 is 34.2 Å². The van der Waals surface area contributed by atoms with Crippen LogP contribution < -0.4 is 5.32 Å². The molecule has 0 fully saturated rings. The number of rotatable bonds is 7. The molecular formula is C20H22FNO5S. The molecule has 1 amide bonds. The first-order chi connectivity index (χ1) is 13.2. The second-order valence-electron chi connectivity index (χ2n) is 6.29. The fourth-order valence-electron chi connectivity index (χ4n) is 2.47. The minimum Gasteiger partial charge on any atom is -0.462 e. The molecule has 0 atom stereocenters. The molecule has 0 aliphatic carbocycles. The molecule has 1 heterocycles. The first-order valence-electron chi connectivity index (χ1n) is 8.78. The molecule has 0 bridgehead atoms. The number of esters is 2. The number of anilines is 1. The maximum absolute atomic E-state index is 13.0. The molecule has 28 heavy (non-hydrogen) atoms. The summed E-state index contributed by atoms with van der Waals surface area (Å²) in [5, 5.41) is 2.88. The molecule has 0 aliphatic heterocycles. The Balaban J connectivity index is 2.29. The average molecular weight is 407 g/mol. The first-order valence-corrected chi connectivity index (χ1v) is 9.60. The Bertz CT molecular complexity index is 873. The zero-order valence-electron chi connectivity index (χ0n) is 16.1. The molecule has 0 aliphatic rings. The summed E-state index contributed by atoms with van der Waals surface area (Å²) >= 11 is 0.964. The summed E-state index contributed by atoms with van der Waals surface area (Å²) in [5.41, 5.74) is 1.14. The molecular weight excluding hydrogens is 385 g/mol. The number of amides is 1. The number of carbonyl (C=O) groups is 3. The lowest BCUT2D eigenvalue weighted by Gasteiger charge is -2.07. The highest BCUT2D eigenvalue weighted by molar-refractivity contribution is 7.18. The summed E-state index contributed by atoms with van der Waals surface area (Å²) in [5.74, 6) is -1.99. The van der Waals surface area contributed by atoms with Gasteiger partial charge in [0.1, 0.15) is 15.7 Å². The summed E-state index contributed by atoms with van der Waals surface area (Å²) in [6.07, 6.45) is -0.331. The fourth-order valence-corrected chi connectivity index (χ4v) is 3.57. The van der Waals surface area contributed by atoms with Crippen molar-refractivity contribution < 1.29 is 28.2 Å². The predicted octanol–water partition coefficient (Wildman–Crippen LogP) is 4.12. The molecule has 0 spiro atoms. The van der Waals surface area contributed by atoms with Crippen LogP contribution in [0.5, 0.6) is 0 Å². The van der Waals surface area contributed by atoms with Gasteiger partial charge in [-0.1, -0.05) is 12.1 Å². The van der Waals surface area contributed by atoms with Crippen molar-refractivity contribution in [3.8, 4) is 0 Å². The van der Waals surface area contributed by atoms with Gasteiger partial charge in [-0.05, 0) is 51.0 Å². The minimum atomic E-state index is -0.628. The van der Waals surface area contributed by atoms with Crippen molar-refractivity contribution in [3.63, 3.8) is 0 Å². The summed E-state index contributed by atoms with van der Waals surface area (Å²) in [6.45, 7) is 6.87. The lowest BCUT2D eigenvalue weighted by molar-refractivity contribution is -0.115. The van der Waals surface area contributed by atoms with E-state index in [1.807, 2.05) is 0 Å². The van der Waals surface area contributed by atoms with E-state index in [0.717, 1.165) is 11.3 Å². The summed E-state index contributed by atoms with van der Waals surface area (Å²) in [4.78, 5) is 37.3. The van der Waals surface area contributed by atoms with E-state index < -0.39 is 23.7 Å². The number of halogens is 1. The van der Waals surface area contributed by atoms with E-state index in [1.54, 1.807) is 27.7 Å². The van der Waals surface area contributed by atoms with Crippen LogP contribution in [0.15, 0.2) is 24.3 Å². The maximum Gasteiger partial charge on any atom is 0.348 e. The molecule has 2 rings (SSSR count). The highest BCUT2D eigenvalue weighted by Crippen LogP contribution is 2.34. The molecule has 6 nitrogen and oxygen atoms in total. The van der Waals surface area contributed by atoms with Crippen LogP contribution in [-0.2, 0) is 20.7 Å². The standard InChI is InChI=1S/C20H22FNO5S/c1-5-26-19(24)16-12(4)17(20(25)27-11(2)3)28-18(16)22-15(23)10-13-6-8-14(21)9-7-13/h6-9,11H,5,10H2,1-4H3,(H,22,23). The Morgan fingerprint density at radius 2 is 1.79 bits per heavy atom. The van der Waals surface area contributed by atoms with Crippen molar-refractivity contribution in [3.05, 3.63) is 51.7 Å². The molecule has 1 aromatic carbocycles. The van der Waals surface area contributed by atoms with Gasteiger partial charge < -0.3 is 14.8 Å². The van der Waals surface area contributed by atoms with Crippen molar-refractivity contribution in [2.45, 2.75) is 40.2 Å². The molecule has 0 unspecified atom stereocenters. The van der Waals surface area contributed by atoms with Gasteiger partial charge in [-0.25, -0.2) is 14.0 Å². The van der Waals surface area contributed by atoms with Crippen LogP contribution in [0.1, 0.15) is 51.9 Å². The molecule has 2 aromatic rings. The van der Waals surface area contributed by atoms with Gasteiger partial charge in [-0.3, -0.25) is 4.79 Å². The monoisotopic (exact) mass is 407 g/mol. The largest absolute Gasteiger partial charge is 0.462 e. The Hall–Kier alpha value is -2.74. The van der Waals surface area contributed by atoms with Gasteiger partial charge >= 0.3 is 11.9 Å². The van der Waals surface area contributed by atoms with E-state index in [0.29, 0.717) is 11.1 Å². The van der Waals surface area contributed by atoms with Gasteiger partial charge in [0.2, 0.25) is 5.91 Å². The van der Waals surface area contributed by atoms with Crippen LogP contribution in [0.4, 0.5) is 9.39 Å². The third-order valence-corrected chi connectivity index (χ3v) is 4.87. The predicted molar refractivity (Wildman–Crippen MR) is 104 cm³/mol. The van der Waals surface area contributed by atoms with E-state index in [9.17, 15) is 18.8 Å². The smallest absolute Gasteiger partial charge is 0.348 e. The van der Waals surface area contributed by atoms with Crippen molar-refractivity contribution in [2.24, 2.45) is 0 Å². The summed E-state index contributed by atoms with van der Waals surface area (Å²) < 4.78 is 23.3. The van der Waals surface area contributed by atoms with Crippen LogP contribution in [0.3, 0.4) is 0 Å². The summed E-state index contributed by atoms with van der Waals surface area (Å²) in [7, 11) is 0. The summed E-state index contributed by atoms with van der Waals surface area (Å²) in [6, 6.07) is 5.54. The number of ether oxygens (including phenoxy) is 2. The quantitative estimate of drug-likeness (QED) is 0.699. The van der Waals surface area contributed by atoms with Gasteiger partial charge in [-0.15, -0.1) is 11.3 Å². The molecule has 8 heteroatoms. The third-order valence-electron chi connectivity index (χ3n) is 3.69. The van der Waals surface area contributed by atoms with Gasteiger partial charge in [0.05, 0.1) is 24.7 Å². The molecule has 150 valence electrons. The highest BCUT2D eigenvalue weighted by Gasteiger charge is 2.27. The molecule has 0 saturated heterocycles. The molecule has 1 aromatic heterocycles. The van der Waals surface area contributed by atoms with Gasteiger partial charge in [0.15, 0.2) is 0 Å². The second-order valence-corrected chi connectivity index (χ2v) is 7.31. The van der Waals surface area contributed by atoms with Crippen molar-refractivity contribution in [2.75, 3.05) is 11.9 Å². The maximum atomic E-state index is 13.0. The third kappa shape index (κ3) is 5.39. The van der Waals surface area contributed by atoms with E-state index in [2.05, 4.69) is 5.32 Å². The topological polar surface area (TPSA) is 81.7 Å². The first kappa shape index (κ1) is 21.6. The number of hydrogen-bond acceptors (Lipinski definition) is 6. The minimum absolute atomic E-state index is 0.00866. The van der Waals surface area contributed by atoms with E-state index in [4.69, 9.17) is 9.47 Å². The Morgan fingerprint density at radius 3 is 2.36 bits per heavy atom. The van der Waals surface area contributed by atoms with Gasteiger partial charge in [0, 0.05) is 0 Å². The Labute approximate surface area is 166 Å². The van der Waals surface area contributed by atoms with Crippen LogP contribution in [-0.4, -0.2) is 30.6 Å². The van der Waals surface area contributed by atoms with Gasteiger partial charge in [0.25, 0.3) is 0 Å². The molecule has 0 radical (unpaired) electrons. The van der Waals surface area contributed by atoms with Crippen LogP contribution in [0.2, 0.25) is 0 Å². The number of thiophene rings is 1. The number of nitrogens with one attached hydrogen (secondary N) is 1. The zero-order chi connectivity index (χ0) is 20.8. The second kappa shape index (κ2) is 9.45. The van der Waals surface area contributed by atoms with Crippen LogP contribution >= 0.6 is 11.3 Å². The van der Waals surface area contributed by atoms with Crippen molar-refractivity contribution in [1.82, 2.24) is 0 Å². The zero-order valence-corrected chi connectivity index (χ0v) is 16.9. The molecule has 0 saturated carbocycles. The number of carbonyl (C=O) groups excluding carboxylic acids is 3. The number of hydrogen-bond donors (Lipinski definition) is 1. The lowest BCUT2D eigenvalue weighted by atomic mass is 10.1. The molecule has 1 N–H and O–H groups in total. The van der Waals surface area contributed by atoms with Crippen LogP contribution in [0, 0.1) is 12.7 Å². The van der Waals surface area contributed by atoms with Crippen LogP contribution in [0.25, 0.3) is 0 Å². The average Bonchev–Trinajstić information content (AvgIpc) is 2.92. The SMILES string of the molecule is CCOC(=O)c1c(NC(=O)Cc2ccc(F)cc2)sc(C(=O)OC(C)C)c1C. The van der Waals surface area contributed by atoms with E-state index >= 15 is 0 Å². The van der Waals surface area contributed by atoms with E-state index in [1.165, 1.54) is 24.3 Å². The lowest BCUT2D eigenvalue weighted by Crippen LogP contribution is -2.16. The fraction of sp³-hybridized carbons (Fsp3) is 0.350. The van der Waals surface area contributed by atoms with Crippen molar-refractivity contribution in [1.29, 1.82) is 0 Å².